The van der Waals surface area contributed by atoms with Gasteiger partial charge in [-0.05, 0) is 42.5 Å². The van der Waals surface area contributed by atoms with Crippen molar-refractivity contribution >= 4 is 34.7 Å². The second-order valence-electron chi connectivity index (χ2n) is 6.41. The van der Waals surface area contributed by atoms with E-state index in [2.05, 4.69) is 22.5 Å². The molecule has 3 aromatic carbocycles. The molecule has 0 saturated carbocycles. The Balaban J connectivity index is 1.54. The quantitative estimate of drug-likeness (QED) is 0.197. The summed E-state index contributed by atoms with van der Waals surface area (Å²) < 4.78 is 0. The molecule has 0 aliphatic heterocycles. The van der Waals surface area contributed by atoms with Gasteiger partial charge in [0.25, 0.3) is 11.7 Å². The maximum absolute atomic E-state index is 12.1. The average molecular weight is 409 g/mol. The maximum Gasteiger partial charge on any atom is 0.296 e. The molecule has 31 heavy (non-hydrogen) atoms. The molecule has 0 unspecified atom stereocenters. The second-order valence-corrected chi connectivity index (χ2v) is 6.41. The molecule has 0 spiro atoms. The number of allylic oxidation sites excluding steroid dienone is 1. The van der Waals surface area contributed by atoms with Gasteiger partial charge in [-0.25, -0.2) is 0 Å². The van der Waals surface area contributed by atoms with Crippen LogP contribution in [0.2, 0.25) is 0 Å². The molecular formula is C25H19N3O3. The van der Waals surface area contributed by atoms with Crippen molar-refractivity contribution in [1.82, 2.24) is 0 Å². The summed E-state index contributed by atoms with van der Waals surface area (Å²) in [6, 6.07) is 22.0. The topological polar surface area (TPSA) is 101 Å². The van der Waals surface area contributed by atoms with E-state index in [1.165, 1.54) is 12.2 Å². The molecule has 6 nitrogen and oxygen atoms in total. The van der Waals surface area contributed by atoms with E-state index in [0.29, 0.717) is 28.2 Å². The van der Waals surface area contributed by atoms with Crippen LogP contribution in [0.4, 0.5) is 17.1 Å². The van der Waals surface area contributed by atoms with Gasteiger partial charge in [0.1, 0.15) is 0 Å². The van der Waals surface area contributed by atoms with E-state index in [1.807, 2.05) is 0 Å². The number of nitrogen functional groups attached to an aromatic ring is 1. The maximum atomic E-state index is 12.1. The lowest BCUT2D eigenvalue weighted by atomic mass is 10.1. The zero-order valence-electron chi connectivity index (χ0n) is 16.5. The number of anilines is 3. The van der Waals surface area contributed by atoms with Gasteiger partial charge in [0.2, 0.25) is 5.91 Å². The number of nitrogens with two attached hydrogens (primary N) is 1. The molecule has 0 heterocycles. The highest BCUT2D eigenvalue weighted by Gasteiger charge is 2.15. The number of hydrogen-bond donors (Lipinski definition) is 3. The van der Waals surface area contributed by atoms with Crippen LogP contribution in [0.25, 0.3) is 0 Å². The summed E-state index contributed by atoms with van der Waals surface area (Å²) in [7, 11) is 0. The Bertz CT molecular complexity index is 1190. The van der Waals surface area contributed by atoms with Gasteiger partial charge in [0.15, 0.2) is 0 Å². The van der Waals surface area contributed by atoms with E-state index in [0.717, 1.165) is 0 Å². The third-order valence-corrected chi connectivity index (χ3v) is 4.14. The van der Waals surface area contributed by atoms with E-state index in [9.17, 15) is 14.4 Å². The van der Waals surface area contributed by atoms with E-state index < -0.39 is 11.7 Å². The van der Waals surface area contributed by atoms with Crippen molar-refractivity contribution in [2.45, 2.75) is 0 Å². The van der Waals surface area contributed by atoms with Gasteiger partial charge < -0.3 is 16.4 Å². The lowest BCUT2D eigenvalue weighted by Gasteiger charge is -2.04. The zero-order valence-corrected chi connectivity index (χ0v) is 16.5. The summed E-state index contributed by atoms with van der Waals surface area (Å²) in [5.41, 5.74) is 8.29. The second kappa shape index (κ2) is 10.2. The molecule has 4 N–H and O–H groups in total. The van der Waals surface area contributed by atoms with Gasteiger partial charge in [-0.3, -0.25) is 14.4 Å². The van der Waals surface area contributed by atoms with Crippen LogP contribution in [0.15, 0.2) is 91.0 Å². The van der Waals surface area contributed by atoms with Crippen LogP contribution in [-0.2, 0) is 9.59 Å². The molecule has 152 valence electrons. The third-order valence-electron chi connectivity index (χ3n) is 4.14. The Morgan fingerprint density at radius 1 is 0.806 bits per heavy atom. The Kier molecular flexibility index (Phi) is 6.96. The predicted molar refractivity (Wildman–Crippen MR) is 121 cm³/mol. The van der Waals surface area contributed by atoms with E-state index >= 15 is 0 Å². The van der Waals surface area contributed by atoms with E-state index in [-0.39, 0.29) is 5.91 Å². The molecule has 0 aliphatic rings. The molecule has 0 atom stereocenters. The monoisotopic (exact) mass is 409 g/mol. The van der Waals surface area contributed by atoms with Crippen LogP contribution < -0.4 is 16.4 Å². The molecule has 0 radical (unpaired) electrons. The molecule has 0 aliphatic carbocycles. The number of para-hydroxylation sites is 2. The van der Waals surface area contributed by atoms with Crippen LogP contribution in [0, 0.1) is 11.8 Å². The molecule has 0 aromatic heterocycles. The van der Waals surface area contributed by atoms with E-state index in [4.69, 9.17) is 5.73 Å². The Labute approximate surface area is 179 Å². The average Bonchev–Trinajstić information content (AvgIpc) is 2.79. The zero-order chi connectivity index (χ0) is 22.1. The molecule has 6 heteroatoms. The van der Waals surface area contributed by atoms with Crippen LogP contribution in [0.1, 0.15) is 15.9 Å². The van der Waals surface area contributed by atoms with Gasteiger partial charge in [-0.1, -0.05) is 54.3 Å². The first-order valence-electron chi connectivity index (χ1n) is 9.37. The molecule has 0 bridgehead atoms. The lowest BCUT2D eigenvalue weighted by Crippen LogP contribution is -2.22. The minimum atomic E-state index is -0.710. The SMILES string of the molecule is Nc1ccccc1NC(=O)/C=C/C#Cc1ccc(NC(=O)C(=O)c2ccccc2)cc1. The summed E-state index contributed by atoms with van der Waals surface area (Å²) in [4.78, 5) is 36.1. The Morgan fingerprint density at radius 3 is 2.19 bits per heavy atom. The standard InChI is InChI=1S/C25H19N3O3/c26-21-11-5-6-12-22(21)28-23(29)13-7-4-8-18-14-16-20(17-15-18)27-25(31)24(30)19-9-2-1-3-10-19/h1-3,5-7,9-17H,26H2,(H,27,31)(H,28,29)/b13-7+. The molecule has 0 fully saturated rings. The number of carbonyl (C=O) groups excluding carboxylic acids is 3. The Hall–Kier alpha value is -4.63. The highest BCUT2D eigenvalue weighted by atomic mass is 16.2. The number of rotatable bonds is 5. The number of Topliss-reactive ketones (excluding diaryl/α,β-unsaturated/α-hetero) is 1. The molecule has 2 amide bonds. The summed E-state index contributed by atoms with van der Waals surface area (Å²) in [6.07, 6.45) is 2.74. The smallest absolute Gasteiger partial charge is 0.296 e. The fourth-order valence-electron chi connectivity index (χ4n) is 2.57. The fourth-order valence-corrected chi connectivity index (χ4v) is 2.57. The molecular weight excluding hydrogens is 390 g/mol. The normalized spacial score (nSPS) is 10.1. The lowest BCUT2D eigenvalue weighted by molar-refractivity contribution is -0.112. The van der Waals surface area contributed by atoms with Gasteiger partial charge in [-0.15, -0.1) is 0 Å². The van der Waals surface area contributed by atoms with Crippen molar-refractivity contribution < 1.29 is 14.4 Å². The number of hydrogen-bond acceptors (Lipinski definition) is 4. The highest BCUT2D eigenvalue weighted by molar-refractivity contribution is 6.46. The first-order valence-corrected chi connectivity index (χ1v) is 9.37. The minimum Gasteiger partial charge on any atom is -0.397 e. The van der Waals surface area contributed by atoms with Crippen molar-refractivity contribution in [2.24, 2.45) is 0 Å². The van der Waals surface area contributed by atoms with Crippen molar-refractivity contribution in [3.05, 3.63) is 102 Å². The fraction of sp³-hybridized carbons (Fsp3) is 0. The van der Waals surface area contributed by atoms with Crippen molar-refractivity contribution in [3.63, 3.8) is 0 Å². The first-order chi connectivity index (χ1) is 15.0. The highest BCUT2D eigenvalue weighted by Crippen LogP contribution is 2.16. The summed E-state index contributed by atoms with van der Waals surface area (Å²) >= 11 is 0. The number of ketones is 1. The third kappa shape index (κ3) is 6.17. The number of carbonyl (C=O) groups is 3. The summed E-state index contributed by atoms with van der Waals surface area (Å²) in [6.45, 7) is 0. The van der Waals surface area contributed by atoms with Crippen LogP contribution in [0.3, 0.4) is 0 Å². The van der Waals surface area contributed by atoms with Gasteiger partial charge in [0, 0.05) is 22.9 Å². The minimum absolute atomic E-state index is 0.327. The summed E-state index contributed by atoms with van der Waals surface area (Å²) in [5, 5.41) is 5.23. The van der Waals surface area contributed by atoms with Crippen LogP contribution >= 0.6 is 0 Å². The Morgan fingerprint density at radius 2 is 1.48 bits per heavy atom. The first kappa shape index (κ1) is 21.1. The van der Waals surface area contributed by atoms with Crippen molar-refractivity contribution in [1.29, 1.82) is 0 Å². The van der Waals surface area contributed by atoms with Gasteiger partial charge in [-0.2, -0.15) is 0 Å². The number of nitrogens with one attached hydrogen (secondary N) is 2. The van der Waals surface area contributed by atoms with E-state index in [1.54, 1.807) is 78.9 Å². The number of benzene rings is 3. The molecule has 3 aromatic rings. The molecule has 0 saturated heterocycles. The summed E-state index contributed by atoms with van der Waals surface area (Å²) in [5.74, 6) is 4.00. The van der Waals surface area contributed by atoms with Crippen LogP contribution in [-0.4, -0.2) is 17.6 Å². The largest absolute Gasteiger partial charge is 0.397 e. The van der Waals surface area contributed by atoms with Gasteiger partial charge in [0.05, 0.1) is 11.4 Å². The van der Waals surface area contributed by atoms with Crippen molar-refractivity contribution in [3.8, 4) is 11.8 Å². The van der Waals surface area contributed by atoms with Gasteiger partial charge >= 0.3 is 0 Å². The number of amides is 2. The van der Waals surface area contributed by atoms with Crippen molar-refractivity contribution in [2.75, 3.05) is 16.4 Å². The van der Waals surface area contributed by atoms with Crippen LogP contribution in [0.5, 0.6) is 0 Å². The predicted octanol–water partition coefficient (Wildman–Crippen LogP) is 3.64. The molecule has 3 rings (SSSR count).